The smallest absolute Gasteiger partial charge is 0.294 e. The fraction of sp³-hybridized carbons (Fsp3) is 0.273. The van der Waals surface area contributed by atoms with Crippen molar-refractivity contribution in [2.45, 2.75) is 11.8 Å². The summed E-state index contributed by atoms with van der Waals surface area (Å²) in [5.74, 6) is -0.247. The fourth-order valence-electron chi connectivity index (χ4n) is 1.86. The Bertz CT molecular complexity index is 567. The van der Waals surface area contributed by atoms with Gasteiger partial charge in [-0.1, -0.05) is 0 Å². The lowest BCUT2D eigenvalue weighted by Crippen LogP contribution is -2.25. The topological polar surface area (TPSA) is 87.2 Å². The molecule has 1 amide bonds. The standard InChI is InChI=1S/C11H8ClN3O3/c12-8-4-11(16)14(6-8)9-2-1-7(5-13)3-10(9)15(17)18/h1-3,8H,4,6H2. The van der Waals surface area contributed by atoms with Gasteiger partial charge in [0.15, 0.2) is 0 Å². The number of carbonyl (C=O) groups is 1. The van der Waals surface area contributed by atoms with E-state index in [1.54, 1.807) is 0 Å². The zero-order chi connectivity index (χ0) is 13.3. The molecule has 1 atom stereocenters. The first-order valence-electron chi connectivity index (χ1n) is 5.16. The minimum absolute atomic E-state index is 0.165. The lowest BCUT2D eigenvalue weighted by Gasteiger charge is -2.15. The molecule has 18 heavy (non-hydrogen) atoms. The van der Waals surface area contributed by atoms with Gasteiger partial charge in [-0.3, -0.25) is 14.9 Å². The van der Waals surface area contributed by atoms with E-state index in [4.69, 9.17) is 16.9 Å². The molecular weight excluding hydrogens is 258 g/mol. The highest BCUT2D eigenvalue weighted by molar-refractivity contribution is 6.24. The molecule has 0 N–H and O–H groups in total. The van der Waals surface area contributed by atoms with Gasteiger partial charge in [-0.15, -0.1) is 11.6 Å². The molecule has 0 radical (unpaired) electrons. The van der Waals surface area contributed by atoms with Crippen molar-refractivity contribution >= 4 is 28.9 Å². The molecule has 7 heteroatoms. The van der Waals surface area contributed by atoms with Gasteiger partial charge in [0.2, 0.25) is 5.91 Å². The van der Waals surface area contributed by atoms with Crippen LogP contribution < -0.4 is 4.90 Å². The summed E-state index contributed by atoms with van der Waals surface area (Å²) in [5, 5.41) is 19.3. The van der Waals surface area contributed by atoms with Crippen molar-refractivity contribution in [3.63, 3.8) is 0 Å². The number of nitro benzene ring substituents is 1. The summed E-state index contributed by atoms with van der Waals surface area (Å²) in [4.78, 5) is 23.3. The second-order valence-corrected chi connectivity index (χ2v) is 4.50. The van der Waals surface area contributed by atoms with Crippen molar-refractivity contribution in [1.82, 2.24) is 0 Å². The molecule has 0 spiro atoms. The van der Waals surface area contributed by atoms with Crippen LogP contribution in [0.4, 0.5) is 11.4 Å². The van der Waals surface area contributed by atoms with Crippen LogP contribution in [0.15, 0.2) is 18.2 Å². The molecule has 1 aliphatic heterocycles. The van der Waals surface area contributed by atoms with Crippen molar-refractivity contribution in [2.24, 2.45) is 0 Å². The van der Waals surface area contributed by atoms with E-state index in [1.165, 1.54) is 17.0 Å². The van der Waals surface area contributed by atoms with Crippen LogP contribution in [0.1, 0.15) is 12.0 Å². The number of hydrogen-bond donors (Lipinski definition) is 0. The lowest BCUT2D eigenvalue weighted by atomic mass is 10.1. The second-order valence-electron chi connectivity index (χ2n) is 3.88. The third-order valence-corrected chi connectivity index (χ3v) is 2.96. The predicted molar refractivity (Wildman–Crippen MR) is 64.4 cm³/mol. The third-order valence-electron chi connectivity index (χ3n) is 2.67. The first-order chi connectivity index (χ1) is 8.52. The zero-order valence-electron chi connectivity index (χ0n) is 9.17. The van der Waals surface area contributed by atoms with Crippen LogP contribution >= 0.6 is 11.6 Å². The van der Waals surface area contributed by atoms with Gasteiger partial charge in [0.25, 0.3) is 5.69 Å². The summed E-state index contributed by atoms with van der Waals surface area (Å²) >= 11 is 5.86. The van der Waals surface area contributed by atoms with Crippen LogP contribution in [0.3, 0.4) is 0 Å². The number of nitrogens with zero attached hydrogens (tertiary/aromatic N) is 3. The normalized spacial score (nSPS) is 18.8. The van der Waals surface area contributed by atoms with E-state index in [0.29, 0.717) is 0 Å². The number of halogens is 1. The molecule has 1 aliphatic rings. The molecule has 1 aromatic carbocycles. The molecule has 0 bridgehead atoms. The van der Waals surface area contributed by atoms with Gasteiger partial charge in [0.05, 0.1) is 21.9 Å². The Morgan fingerprint density at radius 3 is 2.78 bits per heavy atom. The van der Waals surface area contributed by atoms with Crippen LogP contribution in [0.5, 0.6) is 0 Å². The number of alkyl halides is 1. The summed E-state index contributed by atoms with van der Waals surface area (Å²) in [7, 11) is 0. The third kappa shape index (κ3) is 2.13. The minimum Gasteiger partial charge on any atom is -0.305 e. The maximum absolute atomic E-state index is 11.7. The zero-order valence-corrected chi connectivity index (χ0v) is 9.92. The molecule has 0 aromatic heterocycles. The second kappa shape index (κ2) is 4.63. The Labute approximate surface area is 108 Å². The Hall–Kier alpha value is -2.13. The highest BCUT2D eigenvalue weighted by Crippen LogP contribution is 2.33. The lowest BCUT2D eigenvalue weighted by molar-refractivity contribution is -0.384. The Morgan fingerprint density at radius 1 is 1.56 bits per heavy atom. The van der Waals surface area contributed by atoms with E-state index in [2.05, 4.69) is 0 Å². The van der Waals surface area contributed by atoms with Crippen molar-refractivity contribution in [1.29, 1.82) is 5.26 Å². The van der Waals surface area contributed by atoms with Crippen LogP contribution in [0, 0.1) is 21.4 Å². The van der Waals surface area contributed by atoms with Gasteiger partial charge < -0.3 is 4.90 Å². The number of nitriles is 1. The average molecular weight is 266 g/mol. The largest absolute Gasteiger partial charge is 0.305 e. The van der Waals surface area contributed by atoms with Crippen LogP contribution in [-0.2, 0) is 4.79 Å². The van der Waals surface area contributed by atoms with Gasteiger partial charge in [-0.25, -0.2) is 0 Å². The van der Waals surface area contributed by atoms with E-state index in [1.807, 2.05) is 6.07 Å². The molecule has 2 rings (SSSR count). The molecule has 6 nitrogen and oxygen atoms in total. The van der Waals surface area contributed by atoms with Gasteiger partial charge >= 0.3 is 0 Å². The van der Waals surface area contributed by atoms with Gasteiger partial charge in [0.1, 0.15) is 5.69 Å². The number of amides is 1. The van der Waals surface area contributed by atoms with Crippen LogP contribution in [0.25, 0.3) is 0 Å². The molecule has 1 saturated heterocycles. The maximum Gasteiger partial charge on any atom is 0.294 e. The minimum atomic E-state index is -0.606. The van der Waals surface area contributed by atoms with Crippen LogP contribution in [-0.4, -0.2) is 22.8 Å². The Balaban J connectivity index is 2.48. The highest BCUT2D eigenvalue weighted by Gasteiger charge is 2.33. The average Bonchev–Trinajstić information content (AvgIpc) is 2.67. The van der Waals surface area contributed by atoms with E-state index >= 15 is 0 Å². The number of carbonyl (C=O) groups excluding carboxylic acids is 1. The molecule has 0 aliphatic carbocycles. The monoisotopic (exact) mass is 265 g/mol. The highest BCUT2D eigenvalue weighted by atomic mass is 35.5. The number of rotatable bonds is 2. The van der Waals surface area contributed by atoms with E-state index in [-0.39, 0.29) is 41.2 Å². The summed E-state index contributed by atoms with van der Waals surface area (Å²) in [5.41, 5.74) is 0.111. The number of benzene rings is 1. The predicted octanol–water partition coefficient (Wildman–Crippen LogP) is 1.81. The Kier molecular flexibility index (Phi) is 3.17. The molecule has 92 valence electrons. The molecule has 1 fully saturated rings. The number of nitro groups is 1. The van der Waals surface area contributed by atoms with E-state index in [9.17, 15) is 14.9 Å². The van der Waals surface area contributed by atoms with E-state index in [0.717, 1.165) is 6.07 Å². The molecule has 0 saturated carbocycles. The van der Waals surface area contributed by atoms with Crippen molar-refractivity contribution in [2.75, 3.05) is 11.4 Å². The quantitative estimate of drug-likeness (QED) is 0.463. The van der Waals surface area contributed by atoms with Gasteiger partial charge in [0, 0.05) is 19.0 Å². The number of anilines is 1. The van der Waals surface area contributed by atoms with E-state index < -0.39 is 4.92 Å². The number of hydrogen-bond acceptors (Lipinski definition) is 4. The van der Waals surface area contributed by atoms with Gasteiger partial charge in [-0.05, 0) is 12.1 Å². The summed E-state index contributed by atoms with van der Waals surface area (Å²) in [6.45, 7) is 0.243. The molecule has 1 unspecified atom stereocenters. The van der Waals surface area contributed by atoms with Gasteiger partial charge in [-0.2, -0.15) is 5.26 Å². The molecule has 1 heterocycles. The Morgan fingerprint density at radius 2 is 2.28 bits per heavy atom. The first kappa shape index (κ1) is 12.3. The van der Waals surface area contributed by atoms with Crippen LogP contribution in [0.2, 0.25) is 0 Å². The molecular formula is C11H8ClN3O3. The summed E-state index contributed by atoms with van der Waals surface area (Å²) in [6.07, 6.45) is 0.165. The molecule has 1 aromatic rings. The summed E-state index contributed by atoms with van der Waals surface area (Å²) in [6, 6.07) is 5.83. The first-order valence-corrected chi connectivity index (χ1v) is 5.59. The van der Waals surface area contributed by atoms with Crippen molar-refractivity contribution in [3.05, 3.63) is 33.9 Å². The van der Waals surface area contributed by atoms with Crippen molar-refractivity contribution in [3.8, 4) is 6.07 Å². The SMILES string of the molecule is N#Cc1ccc(N2CC(Cl)CC2=O)c([N+](=O)[O-])c1. The maximum atomic E-state index is 11.7. The summed E-state index contributed by atoms with van der Waals surface area (Å²) < 4.78 is 0. The van der Waals surface area contributed by atoms with Crippen molar-refractivity contribution < 1.29 is 9.72 Å². The fourth-order valence-corrected chi connectivity index (χ4v) is 2.13.